The SMILES string of the molecule is Cc1ccccc1-c1ccc(C=C(F)F)cc1. The van der Waals surface area contributed by atoms with Crippen LogP contribution in [0.5, 0.6) is 0 Å². The maximum atomic E-state index is 12.1. The van der Waals surface area contributed by atoms with Gasteiger partial charge in [0.1, 0.15) is 0 Å². The lowest BCUT2D eigenvalue weighted by Crippen LogP contribution is -1.82. The predicted octanol–water partition coefficient (Wildman–Crippen LogP) is 4.90. The van der Waals surface area contributed by atoms with E-state index in [1.807, 2.05) is 43.3 Å². The average Bonchev–Trinajstić information content (AvgIpc) is 2.30. The van der Waals surface area contributed by atoms with Crippen LogP contribution in [0.3, 0.4) is 0 Å². The third-order valence-electron chi connectivity index (χ3n) is 2.64. The third kappa shape index (κ3) is 2.78. The summed E-state index contributed by atoms with van der Waals surface area (Å²) in [5, 5.41) is 0. The van der Waals surface area contributed by atoms with Crippen molar-refractivity contribution < 1.29 is 8.78 Å². The standard InChI is InChI=1S/C15H12F2/c1-11-4-2-3-5-14(11)13-8-6-12(7-9-13)10-15(16)17/h2-10H,1H3. The summed E-state index contributed by atoms with van der Waals surface area (Å²) < 4.78 is 24.1. The van der Waals surface area contributed by atoms with Gasteiger partial charge in [-0.2, -0.15) is 8.78 Å². The second-order valence-corrected chi connectivity index (χ2v) is 3.87. The van der Waals surface area contributed by atoms with Gasteiger partial charge in [0.15, 0.2) is 0 Å². The molecule has 86 valence electrons. The normalized spacial score (nSPS) is 10.1. The molecule has 0 saturated heterocycles. The van der Waals surface area contributed by atoms with Crippen molar-refractivity contribution in [3.8, 4) is 11.1 Å². The van der Waals surface area contributed by atoms with Crippen LogP contribution >= 0.6 is 0 Å². The fourth-order valence-corrected chi connectivity index (χ4v) is 1.78. The first-order valence-electron chi connectivity index (χ1n) is 5.35. The Hall–Kier alpha value is -1.96. The van der Waals surface area contributed by atoms with Gasteiger partial charge in [-0.25, -0.2) is 0 Å². The van der Waals surface area contributed by atoms with Gasteiger partial charge in [0.05, 0.1) is 0 Å². The minimum absolute atomic E-state index is 0.516. The largest absolute Gasteiger partial charge is 0.270 e. The lowest BCUT2D eigenvalue weighted by atomic mass is 10.00. The van der Waals surface area contributed by atoms with Gasteiger partial charge in [-0.15, -0.1) is 0 Å². The van der Waals surface area contributed by atoms with Gasteiger partial charge >= 0.3 is 0 Å². The Morgan fingerprint density at radius 2 is 1.59 bits per heavy atom. The third-order valence-corrected chi connectivity index (χ3v) is 2.64. The van der Waals surface area contributed by atoms with Gasteiger partial charge in [-0.1, -0.05) is 48.5 Å². The van der Waals surface area contributed by atoms with Crippen LogP contribution in [0.2, 0.25) is 0 Å². The highest BCUT2D eigenvalue weighted by Gasteiger charge is 2.00. The maximum absolute atomic E-state index is 12.1. The minimum atomic E-state index is -1.67. The molecule has 0 spiro atoms. The smallest absolute Gasteiger partial charge is 0.173 e. The topological polar surface area (TPSA) is 0 Å². The summed E-state index contributed by atoms with van der Waals surface area (Å²) in [6.07, 6.45) is -0.810. The van der Waals surface area contributed by atoms with Crippen LogP contribution in [-0.4, -0.2) is 0 Å². The van der Waals surface area contributed by atoms with E-state index in [1.54, 1.807) is 12.1 Å². The van der Waals surface area contributed by atoms with E-state index in [1.165, 1.54) is 5.56 Å². The molecule has 0 aromatic heterocycles. The molecule has 0 heterocycles. The molecular formula is C15H12F2. The molecule has 0 bridgehead atoms. The molecule has 0 aliphatic carbocycles. The molecule has 0 N–H and O–H groups in total. The van der Waals surface area contributed by atoms with Gasteiger partial charge < -0.3 is 0 Å². The molecule has 2 aromatic carbocycles. The summed E-state index contributed by atoms with van der Waals surface area (Å²) in [7, 11) is 0. The monoisotopic (exact) mass is 230 g/mol. The fourth-order valence-electron chi connectivity index (χ4n) is 1.78. The van der Waals surface area contributed by atoms with Crippen LogP contribution in [0.1, 0.15) is 11.1 Å². The quantitative estimate of drug-likeness (QED) is 0.688. The molecule has 2 rings (SSSR count). The van der Waals surface area contributed by atoms with Crippen LogP contribution in [0.15, 0.2) is 54.6 Å². The van der Waals surface area contributed by atoms with E-state index in [4.69, 9.17) is 0 Å². The highest BCUT2D eigenvalue weighted by atomic mass is 19.3. The van der Waals surface area contributed by atoms with E-state index in [9.17, 15) is 8.78 Å². The lowest BCUT2D eigenvalue weighted by Gasteiger charge is -2.05. The lowest BCUT2D eigenvalue weighted by molar-refractivity contribution is 0.429. The molecule has 0 amide bonds. The summed E-state index contributed by atoms with van der Waals surface area (Å²) in [6, 6.07) is 15.1. The van der Waals surface area contributed by atoms with E-state index < -0.39 is 6.08 Å². The fraction of sp³-hybridized carbons (Fsp3) is 0.0667. The molecule has 0 unspecified atom stereocenters. The van der Waals surface area contributed by atoms with Crippen LogP contribution in [0, 0.1) is 6.92 Å². The Bertz CT molecular complexity index is 535. The molecule has 0 atom stereocenters. The molecule has 0 aliphatic heterocycles. The molecule has 2 aromatic rings. The number of halogens is 2. The zero-order valence-electron chi connectivity index (χ0n) is 9.45. The number of hydrogen-bond acceptors (Lipinski definition) is 0. The summed E-state index contributed by atoms with van der Waals surface area (Å²) in [4.78, 5) is 0. The Labute approximate surface area is 99.2 Å². The average molecular weight is 230 g/mol. The molecule has 0 saturated carbocycles. The van der Waals surface area contributed by atoms with Crippen LogP contribution in [0.4, 0.5) is 8.78 Å². The van der Waals surface area contributed by atoms with E-state index in [0.717, 1.165) is 17.2 Å². The van der Waals surface area contributed by atoms with Gasteiger partial charge in [-0.3, -0.25) is 0 Å². The predicted molar refractivity (Wildman–Crippen MR) is 66.8 cm³/mol. The van der Waals surface area contributed by atoms with Crippen LogP contribution < -0.4 is 0 Å². The van der Waals surface area contributed by atoms with Crippen molar-refractivity contribution in [1.82, 2.24) is 0 Å². The first-order chi connectivity index (χ1) is 8.16. The molecule has 17 heavy (non-hydrogen) atoms. The van der Waals surface area contributed by atoms with Crippen molar-refractivity contribution in [3.63, 3.8) is 0 Å². The van der Waals surface area contributed by atoms with Crippen molar-refractivity contribution in [1.29, 1.82) is 0 Å². The van der Waals surface area contributed by atoms with E-state index in [0.29, 0.717) is 5.56 Å². The zero-order chi connectivity index (χ0) is 12.3. The highest BCUT2D eigenvalue weighted by molar-refractivity contribution is 5.68. The molecule has 0 radical (unpaired) electrons. The van der Waals surface area contributed by atoms with Crippen molar-refractivity contribution >= 4 is 6.08 Å². The van der Waals surface area contributed by atoms with Crippen molar-refractivity contribution in [3.05, 3.63) is 65.7 Å². The maximum Gasteiger partial charge on any atom is 0.270 e. The van der Waals surface area contributed by atoms with Crippen molar-refractivity contribution in [2.75, 3.05) is 0 Å². The van der Waals surface area contributed by atoms with E-state index >= 15 is 0 Å². The first-order valence-corrected chi connectivity index (χ1v) is 5.35. The second-order valence-electron chi connectivity index (χ2n) is 3.87. The Morgan fingerprint density at radius 3 is 2.18 bits per heavy atom. The van der Waals surface area contributed by atoms with Crippen molar-refractivity contribution in [2.24, 2.45) is 0 Å². The van der Waals surface area contributed by atoms with Crippen LogP contribution in [0.25, 0.3) is 17.2 Å². The summed E-state index contributed by atoms with van der Waals surface area (Å²) >= 11 is 0. The summed E-state index contributed by atoms with van der Waals surface area (Å²) in [5.41, 5.74) is 3.86. The molecule has 0 nitrogen and oxygen atoms in total. The van der Waals surface area contributed by atoms with Crippen LogP contribution in [-0.2, 0) is 0 Å². The number of rotatable bonds is 2. The minimum Gasteiger partial charge on any atom is -0.173 e. The molecule has 2 heteroatoms. The molecule has 0 aliphatic rings. The highest BCUT2D eigenvalue weighted by Crippen LogP contribution is 2.23. The molecular weight excluding hydrogens is 218 g/mol. The summed E-state index contributed by atoms with van der Waals surface area (Å²) in [6.45, 7) is 2.03. The number of hydrogen-bond donors (Lipinski definition) is 0. The Balaban J connectivity index is 2.36. The van der Waals surface area contributed by atoms with E-state index in [2.05, 4.69) is 0 Å². The van der Waals surface area contributed by atoms with Crippen molar-refractivity contribution in [2.45, 2.75) is 6.92 Å². The van der Waals surface area contributed by atoms with E-state index in [-0.39, 0.29) is 0 Å². The Kier molecular flexibility index (Phi) is 3.33. The van der Waals surface area contributed by atoms with Gasteiger partial charge in [0.2, 0.25) is 0 Å². The second kappa shape index (κ2) is 4.91. The number of aryl methyl sites for hydroxylation is 1. The molecule has 0 fully saturated rings. The number of benzene rings is 2. The van der Waals surface area contributed by atoms with Gasteiger partial charge in [0.25, 0.3) is 6.08 Å². The Morgan fingerprint density at radius 1 is 0.941 bits per heavy atom. The zero-order valence-corrected chi connectivity index (χ0v) is 9.45. The first kappa shape index (κ1) is 11.5. The van der Waals surface area contributed by atoms with Gasteiger partial charge in [0, 0.05) is 6.08 Å². The summed E-state index contributed by atoms with van der Waals surface area (Å²) in [5.74, 6) is 0. The van der Waals surface area contributed by atoms with Gasteiger partial charge in [-0.05, 0) is 29.2 Å².